The molecule has 1 saturated heterocycles. The summed E-state index contributed by atoms with van der Waals surface area (Å²) in [5.74, 6) is 1.37. The molecule has 1 aliphatic heterocycles. The van der Waals surface area contributed by atoms with Gasteiger partial charge in [0.1, 0.15) is 5.75 Å². The summed E-state index contributed by atoms with van der Waals surface area (Å²) in [6.07, 6.45) is 0. The fourth-order valence-electron chi connectivity index (χ4n) is 3.15. The molecule has 1 atom stereocenters. The summed E-state index contributed by atoms with van der Waals surface area (Å²) >= 11 is 7.45. The van der Waals surface area contributed by atoms with Crippen molar-refractivity contribution in [3.8, 4) is 17.1 Å². The van der Waals surface area contributed by atoms with E-state index in [1.807, 2.05) is 11.8 Å². The third-order valence-electron chi connectivity index (χ3n) is 4.79. The molecule has 7 nitrogen and oxygen atoms in total. The average molecular weight is 411 g/mol. The van der Waals surface area contributed by atoms with Gasteiger partial charge in [-0.05, 0) is 32.0 Å². The summed E-state index contributed by atoms with van der Waals surface area (Å²) in [5.41, 5.74) is 0.738. The zero-order valence-corrected chi connectivity index (χ0v) is 17.4. The van der Waals surface area contributed by atoms with Crippen molar-refractivity contribution in [3.63, 3.8) is 0 Å². The first-order chi connectivity index (χ1) is 13.0. The number of carbonyl (C=O) groups excluding carboxylic acids is 1. The second-order valence-corrected chi connectivity index (χ2v) is 8.24. The summed E-state index contributed by atoms with van der Waals surface area (Å²) in [5, 5.41) is 8.04. The molecular weight excluding hydrogens is 386 g/mol. The highest BCUT2D eigenvalue weighted by molar-refractivity contribution is 8.00. The molecule has 0 aliphatic carbocycles. The third kappa shape index (κ3) is 4.75. The van der Waals surface area contributed by atoms with Gasteiger partial charge in [0.25, 0.3) is 0 Å². The quantitative estimate of drug-likeness (QED) is 0.703. The highest BCUT2D eigenvalue weighted by Crippen LogP contribution is 2.31. The minimum Gasteiger partial charge on any atom is -0.496 e. The molecular formula is C18H25ClN5O2S+. The number of rotatable bonds is 6. The summed E-state index contributed by atoms with van der Waals surface area (Å²) in [6.45, 7) is 8.85. The van der Waals surface area contributed by atoms with Crippen molar-refractivity contribution in [3.05, 3.63) is 23.2 Å². The van der Waals surface area contributed by atoms with E-state index in [0.717, 1.165) is 38.3 Å². The van der Waals surface area contributed by atoms with Crippen molar-refractivity contribution in [1.82, 2.24) is 20.1 Å². The number of amides is 1. The van der Waals surface area contributed by atoms with E-state index in [0.29, 0.717) is 21.8 Å². The van der Waals surface area contributed by atoms with Gasteiger partial charge < -0.3 is 14.5 Å². The third-order valence-corrected chi connectivity index (χ3v) is 5.98. The lowest BCUT2D eigenvalue weighted by molar-refractivity contribution is -0.902. The van der Waals surface area contributed by atoms with Crippen molar-refractivity contribution in [2.24, 2.45) is 0 Å². The van der Waals surface area contributed by atoms with Gasteiger partial charge in [0.15, 0.2) is 5.82 Å². The second kappa shape index (κ2) is 8.95. The number of nitrogens with zero attached hydrogens (tertiary/aromatic N) is 3. The lowest BCUT2D eigenvalue weighted by Gasteiger charge is -2.32. The molecule has 1 fully saturated rings. The summed E-state index contributed by atoms with van der Waals surface area (Å²) in [4.78, 5) is 20.7. The molecule has 2 aromatic rings. The van der Waals surface area contributed by atoms with Gasteiger partial charge in [-0.25, -0.2) is 4.98 Å². The van der Waals surface area contributed by atoms with Crippen LogP contribution in [0.2, 0.25) is 5.02 Å². The number of H-pyrrole nitrogens is 1. The zero-order valence-electron chi connectivity index (χ0n) is 15.8. The fourth-order valence-corrected chi connectivity index (χ4v) is 4.13. The first-order valence-corrected chi connectivity index (χ1v) is 10.3. The van der Waals surface area contributed by atoms with Crippen LogP contribution >= 0.6 is 23.4 Å². The molecule has 2 N–H and O–H groups in total. The predicted molar refractivity (Wildman–Crippen MR) is 107 cm³/mol. The molecule has 1 aromatic heterocycles. The van der Waals surface area contributed by atoms with E-state index < -0.39 is 0 Å². The number of quaternary nitrogens is 1. The number of benzene rings is 1. The number of thioether (sulfide) groups is 1. The number of hydrogen-bond acceptors (Lipinski definition) is 5. The molecule has 1 amide bonds. The Morgan fingerprint density at radius 2 is 2.19 bits per heavy atom. The number of carbonyl (C=O) groups is 1. The molecule has 1 aromatic carbocycles. The van der Waals surface area contributed by atoms with Gasteiger partial charge in [0, 0.05) is 5.02 Å². The molecule has 3 rings (SSSR count). The summed E-state index contributed by atoms with van der Waals surface area (Å²) < 4.78 is 5.36. The number of ether oxygens (including phenoxy) is 1. The number of aromatic nitrogens is 3. The Morgan fingerprint density at radius 1 is 1.44 bits per heavy atom. The number of hydrogen-bond donors (Lipinski definition) is 2. The number of piperazine rings is 1. The molecule has 0 radical (unpaired) electrons. The largest absolute Gasteiger partial charge is 0.496 e. The Balaban J connectivity index is 1.65. The van der Waals surface area contributed by atoms with Gasteiger partial charge in [-0.15, -0.1) is 5.10 Å². The standard InChI is InChI=1S/C18H24ClN5O2S/c1-4-23-7-9-24(10-8-23)17(25)12(2)27-18-20-16(21-22-18)14-11-13(19)5-6-15(14)26-3/h5-6,11-12H,4,7-10H2,1-3H3,(H,20,21,22)/p+1/t12-/m0/s1. The Labute approximate surface area is 168 Å². The number of methoxy groups -OCH3 is 1. The van der Waals surface area contributed by atoms with E-state index in [1.54, 1.807) is 30.2 Å². The van der Waals surface area contributed by atoms with E-state index in [1.165, 1.54) is 11.8 Å². The van der Waals surface area contributed by atoms with Gasteiger partial charge >= 0.3 is 0 Å². The second-order valence-electron chi connectivity index (χ2n) is 6.50. The topological polar surface area (TPSA) is 75.5 Å². The van der Waals surface area contributed by atoms with Gasteiger partial charge in [0.05, 0.1) is 50.6 Å². The van der Waals surface area contributed by atoms with Crippen LogP contribution in [0.5, 0.6) is 5.75 Å². The SMILES string of the molecule is CC[NH+]1CCN(C(=O)[C@H](C)Sc2n[nH]c(-c3cc(Cl)ccc3OC)n2)CC1. The number of nitrogens with one attached hydrogen (secondary N) is 2. The summed E-state index contributed by atoms with van der Waals surface area (Å²) in [6, 6.07) is 5.33. The van der Waals surface area contributed by atoms with E-state index in [-0.39, 0.29) is 11.2 Å². The number of likely N-dealkylation sites (N-methyl/N-ethyl adjacent to an activating group) is 1. The summed E-state index contributed by atoms with van der Waals surface area (Å²) in [7, 11) is 1.60. The zero-order chi connectivity index (χ0) is 19.4. The molecule has 1 aliphatic rings. The van der Waals surface area contributed by atoms with Crippen LogP contribution in [-0.2, 0) is 4.79 Å². The smallest absolute Gasteiger partial charge is 0.236 e. The normalized spacial score (nSPS) is 16.4. The molecule has 9 heteroatoms. The lowest BCUT2D eigenvalue weighted by atomic mass is 10.2. The Hall–Kier alpha value is -1.77. The molecule has 0 saturated carbocycles. The van der Waals surface area contributed by atoms with Crippen LogP contribution in [0.1, 0.15) is 13.8 Å². The van der Waals surface area contributed by atoms with Crippen molar-refractivity contribution >= 4 is 29.3 Å². The molecule has 0 spiro atoms. The maximum Gasteiger partial charge on any atom is 0.236 e. The van der Waals surface area contributed by atoms with Crippen molar-refractivity contribution < 1.29 is 14.4 Å². The Bertz CT molecular complexity index is 792. The Kier molecular flexibility index (Phi) is 6.62. The van der Waals surface area contributed by atoms with Crippen LogP contribution in [0.4, 0.5) is 0 Å². The maximum atomic E-state index is 12.7. The predicted octanol–water partition coefficient (Wildman–Crippen LogP) is 1.36. The minimum atomic E-state index is -0.238. The van der Waals surface area contributed by atoms with Crippen LogP contribution in [0.25, 0.3) is 11.4 Å². The molecule has 0 bridgehead atoms. The van der Waals surface area contributed by atoms with Crippen LogP contribution in [0, 0.1) is 0 Å². The Morgan fingerprint density at radius 3 is 2.85 bits per heavy atom. The van der Waals surface area contributed by atoms with Gasteiger partial charge in [-0.3, -0.25) is 9.89 Å². The van der Waals surface area contributed by atoms with Crippen LogP contribution < -0.4 is 9.64 Å². The van der Waals surface area contributed by atoms with Crippen LogP contribution in [0.15, 0.2) is 23.4 Å². The van der Waals surface area contributed by atoms with Gasteiger partial charge in [-0.1, -0.05) is 23.4 Å². The van der Waals surface area contributed by atoms with Gasteiger partial charge in [-0.2, -0.15) is 0 Å². The van der Waals surface area contributed by atoms with E-state index in [2.05, 4.69) is 22.1 Å². The minimum absolute atomic E-state index is 0.141. The van der Waals surface area contributed by atoms with E-state index >= 15 is 0 Å². The first kappa shape index (κ1) is 20.0. The number of halogens is 1. The molecule has 27 heavy (non-hydrogen) atoms. The van der Waals surface area contributed by atoms with Crippen LogP contribution in [-0.4, -0.2) is 71.1 Å². The number of aromatic amines is 1. The van der Waals surface area contributed by atoms with Crippen molar-refractivity contribution in [2.45, 2.75) is 24.3 Å². The average Bonchev–Trinajstić information content (AvgIpc) is 3.15. The maximum absolute atomic E-state index is 12.7. The van der Waals surface area contributed by atoms with E-state index in [4.69, 9.17) is 16.3 Å². The van der Waals surface area contributed by atoms with Crippen molar-refractivity contribution in [1.29, 1.82) is 0 Å². The molecule has 2 heterocycles. The highest BCUT2D eigenvalue weighted by Gasteiger charge is 2.27. The van der Waals surface area contributed by atoms with Crippen LogP contribution in [0.3, 0.4) is 0 Å². The molecule has 0 unspecified atom stereocenters. The van der Waals surface area contributed by atoms with E-state index in [9.17, 15) is 4.79 Å². The lowest BCUT2D eigenvalue weighted by Crippen LogP contribution is -3.14. The monoisotopic (exact) mass is 410 g/mol. The van der Waals surface area contributed by atoms with Crippen molar-refractivity contribution in [2.75, 3.05) is 39.8 Å². The van der Waals surface area contributed by atoms with Gasteiger partial charge in [0.2, 0.25) is 11.1 Å². The fraction of sp³-hybridized carbons (Fsp3) is 0.500. The molecule has 146 valence electrons. The highest BCUT2D eigenvalue weighted by atomic mass is 35.5. The first-order valence-electron chi connectivity index (χ1n) is 9.07.